The lowest BCUT2D eigenvalue weighted by atomic mass is 9.84. The molecular formula is C37H23BrO. The molecule has 0 saturated carbocycles. The maximum atomic E-state index is 6.62. The Bertz CT molecular complexity index is 2190. The summed E-state index contributed by atoms with van der Waals surface area (Å²) in [6, 6.07) is 43.5. The standard InChI is InChI=1S/C37H23BrO/c1-22-32(38)21-31(37-34(22)30-18-8-9-20-33(30)39-37)36-28-16-6-4-14-26(28)35(27-15-5-7-17-29(27)36)25-19-10-12-23-11-2-3-13-24(23)25/h2-21H,1H3. The Hall–Kier alpha value is -4.40. The summed E-state index contributed by atoms with van der Waals surface area (Å²) in [6.45, 7) is 2.16. The quantitative estimate of drug-likeness (QED) is 0.191. The maximum absolute atomic E-state index is 6.62. The molecule has 8 rings (SSSR count). The zero-order valence-corrected chi connectivity index (χ0v) is 22.9. The van der Waals surface area contributed by atoms with Gasteiger partial charge in [-0.2, -0.15) is 0 Å². The Morgan fingerprint density at radius 3 is 1.69 bits per heavy atom. The van der Waals surface area contributed by atoms with E-state index in [1.807, 2.05) is 6.07 Å². The van der Waals surface area contributed by atoms with Gasteiger partial charge >= 0.3 is 0 Å². The Morgan fingerprint density at radius 1 is 0.513 bits per heavy atom. The van der Waals surface area contributed by atoms with Gasteiger partial charge in [-0.05, 0) is 68.1 Å². The molecule has 2 heteroatoms. The van der Waals surface area contributed by atoms with Crippen LogP contribution in [0.15, 0.2) is 130 Å². The van der Waals surface area contributed by atoms with Crippen molar-refractivity contribution in [2.45, 2.75) is 6.92 Å². The van der Waals surface area contributed by atoms with E-state index in [0.29, 0.717) is 0 Å². The van der Waals surface area contributed by atoms with E-state index in [2.05, 4.69) is 138 Å². The first-order chi connectivity index (χ1) is 19.2. The Balaban J connectivity index is 1.59. The van der Waals surface area contributed by atoms with Crippen LogP contribution >= 0.6 is 15.9 Å². The number of halogens is 1. The Kier molecular flexibility index (Phi) is 4.95. The fourth-order valence-corrected chi connectivity index (χ4v) is 6.79. The van der Waals surface area contributed by atoms with Crippen LogP contribution in [0.2, 0.25) is 0 Å². The molecule has 1 aromatic heterocycles. The van der Waals surface area contributed by atoms with Crippen LogP contribution in [0.25, 0.3) is 76.5 Å². The lowest BCUT2D eigenvalue weighted by Crippen LogP contribution is -1.92. The molecule has 7 aromatic carbocycles. The van der Waals surface area contributed by atoms with Gasteiger partial charge in [0.05, 0.1) is 0 Å². The van der Waals surface area contributed by atoms with Crippen LogP contribution in [0.4, 0.5) is 0 Å². The van der Waals surface area contributed by atoms with E-state index < -0.39 is 0 Å². The highest BCUT2D eigenvalue weighted by Crippen LogP contribution is 2.48. The van der Waals surface area contributed by atoms with Crippen molar-refractivity contribution in [3.05, 3.63) is 131 Å². The number of para-hydroxylation sites is 1. The van der Waals surface area contributed by atoms with Gasteiger partial charge in [0.2, 0.25) is 0 Å². The first-order valence-corrected chi connectivity index (χ1v) is 14.0. The van der Waals surface area contributed by atoms with E-state index in [1.165, 1.54) is 60.0 Å². The molecule has 0 radical (unpaired) electrons. The molecule has 1 heterocycles. The molecule has 8 aromatic rings. The van der Waals surface area contributed by atoms with Crippen molar-refractivity contribution in [1.29, 1.82) is 0 Å². The minimum atomic E-state index is 0.913. The average molecular weight is 563 g/mol. The van der Waals surface area contributed by atoms with E-state index in [0.717, 1.165) is 26.6 Å². The van der Waals surface area contributed by atoms with Gasteiger partial charge in [0.25, 0.3) is 0 Å². The molecule has 0 unspecified atom stereocenters. The minimum absolute atomic E-state index is 0.913. The third kappa shape index (κ3) is 3.25. The first kappa shape index (κ1) is 22.6. The molecule has 0 N–H and O–H groups in total. The maximum Gasteiger partial charge on any atom is 0.143 e. The highest BCUT2D eigenvalue weighted by Gasteiger charge is 2.22. The fourth-order valence-electron chi connectivity index (χ4n) is 6.37. The topological polar surface area (TPSA) is 13.1 Å². The number of benzene rings is 7. The van der Waals surface area contributed by atoms with Gasteiger partial charge in [-0.25, -0.2) is 0 Å². The smallest absolute Gasteiger partial charge is 0.143 e. The van der Waals surface area contributed by atoms with Crippen molar-refractivity contribution in [3.63, 3.8) is 0 Å². The molecule has 0 saturated heterocycles. The lowest BCUT2D eigenvalue weighted by molar-refractivity contribution is 0.670. The molecule has 0 spiro atoms. The number of rotatable bonds is 2. The van der Waals surface area contributed by atoms with E-state index >= 15 is 0 Å². The summed E-state index contributed by atoms with van der Waals surface area (Å²) in [6.07, 6.45) is 0. The third-order valence-corrected chi connectivity index (χ3v) is 8.93. The van der Waals surface area contributed by atoms with Crippen molar-refractivity contribution in [3.8, 4) is 22.3 Å². The second-order valence-corrected chi connectivity index (χ2v) is 11.1. The van der Waals surface area contributed by atoms with Gasteiger partial charge in [-0.15, -0.1) is 0 Å². The van der Waals surface area contributed by atoms with E-state index in [-0.39, 0.29) is 0 Å². The van der Waals surface area contributed by atoms with Crippen LogP contribution in [-0.4, -0.2) is 0 Å². The number of furan rings is 1. The van der Waals surface area contributed by atoms with Crippen LogP contribution in [0.5, 0.6) is 0 Å². The minimum Gasteiger partial charge on any atom is -0.455 e. The predicted molar refractivity (Wildman–Crippen MR) is 170 cm³/mol. The molecule has 0 amide bonds. The van der Waals surface area contributed by atoms with Gasteiger partial charge < -0.3 is 4.42 Å². The number of fused-ring (bicyclic) bond motifs is 6. The van der Waals surface area contributed by atoms with E-state index in [4.69, 9.17) is 4.42 Å². The van der Waals surface area contributed by atoms with Crippen molar-refractivity contribution in [1.82, 2.24) is 0 Å². The van der Waals surface area contributed by atoms with Crippen LogP contribution in [0.3, 0.4) is 0 Å². The molecule has 0 fully saturated rings. The summed E-state index contributed by atoms with van der Waals surface area (Å²) in [5.74, 6) is 0. The fraction of sp³-hybridized carbons (Fsp3) is 0.0270. The van der Waals surface area contributed by atoms with Crippen LogP contribution in [-0.2, 0) is 0 Å². The van der Waals surface area contributed by atoms with Gasteiger partial charge in [0.15, 0.2) is 0 Å². The van der Waals surface area contributed by atoms with Crippen molar-refractivity contribution >= 4 is 70.2 Å². The molecule has 39 heavy (non-hydrogen) atoms. The number of aryl methyl sites for hydroxylation is 1. The second-order valence-electron chi connectivity index (χ2n) is 10.2. The molecule has 0 aliphatic carbocycles. The monoisotopic (exact) mass is 562 g/mol. The molecule has 0 atom stereocenters. The zero-order chi connectivity index (χ0) is 26.1. The Labute approximate surface area is 234 Å². The summed E-state index contributed by atoms with van der Waals surface area (Å²) in [4.78, 5) is 0. The lowest BCUT2D eigenvalue weighted by Gasteiger charge is -2.19. The Morgan fingerprint density at radius 2 is 1.03 bits per heavy atom. The molecular weight excluding hydrogens is 540 g/mol. The summed E-state index contributed by atoms with van der Waals surface area (Å²) in [5.41, 5.74) is 7.88. The number of hydrogen-bond acceptors (Lipinski definition) is 1. The highest BCUT2D eigenvalue weighted by molar-refractivity contribution is 9.10. The SMILES string of the molecule is Cc1c(Br)cc(-c2c3ccccc3c(-c3cccc4ccccc34)c3ccccc23)c2oc3ccccc3c12. The van der Waals surface area contributed by atoms with Gasteiger partial charge in [0, 0.05) is 26.4 Å². The molecule has 1 nitrogen and oxygen atoms in total. The largest absolute Gasteiger partial charge is 0.455 e. The van der Waals surface area contributed by atoms with Crippen LogP contribution in [0, 0.1) is 6.92 Å². The average Bonchev–Trinajstić information content (AvgIpc) is 3.38. The molecule has 0 aliphatic heterocycles. The zero-order valence-electron chi connectivity index (χ0n) is 21.3. The summed E-state index contributed by atoms with van der Waals surface area (Å²) < 4.78 is 7.71. The van der Waals surface area contributed by atoms with E-state index in [1.54, 1.807) is 0 Å². The van der Waals surface area contributed by atoms with Crippen molar-refractivity contribution in [2.75, 3.05) is 0 Å². The van der Waals surface area contributed by atoms with Crippen LogP contribution in [0.1, 0.15) is 5.56 Å². The van der Waals surface area contributed by atoms with Crippen molar-refractivity contribution < 1.29 is 4.42 Å². The third-order valence-electron chi connectivity index (χ3n) is 8.10. The molecule has 184 valence electrons. The molecule has 0 aliphatic rings. The molecule has 0 bridgehead atoms. The van der Waals surface area contributed by atoms with Crippen molar-refractivity contribution in [2.24, 2.45) is 0 Å². The van der Waals surface area contributed by atoms with Crippen LogP contribution < -0.4 is 0 Å². The summed E-state index contributed by atoms with van der Waals surface area (Å²) in [7, 11) is 0. The van der Waals surface area contributed by atoms with Gasteiger partial charge in [-0.1, -0.05) is 125 Å². The first-order valence-electron chi connectivity index (χ1n) is 13.2. The predicted octanol–water partition coefficient (Wildman–Crippen LogP) is 11.5. The normalized spacial score (nSPS) is 11.8. The summed E-state index contributed by atoms with van der Waals surface area (Å²) in [5, 5.41) is 9.75. The highest BCUT2D eigenvalue weighted by atomic mass is 79.9. The summed E-state index contributed by atoms with van der Waals surface area (Å²) >= 11 is 3.90. The second kappa shape index (κ2) is 8.56. The van der Waals surface area contributed by atoms with E-state index in [9.17, 15) is 0 Å². The van der Waals surface area contributed by atoms with Gasteiger partial charge in [0.1, 0.15) is 11.2 Å². The number of hydrogen-bond donors (Lipinski definition) is 0. The van der Waals surface area contributed by atoms with Gasteiger partial charge in [-0.3, -0.25) is 0 Å².